The Morgan fingerprint density at radius 1 is 1.29 bits per heavy atom. The van der Waals surface area contributed by atoms with Crippen molar-refractivity contribution in [2.24, 2.45) is 11.7 Å². The second kappa shape index (κ2) is 7.85. The topological polar surface area (TPSA) is 80.5 Å². The minimum Gasteiger partial charge on any atom is -0.341 e. The predicted molar refractivity (Wildman–Crippen MR) is 97.8 cm³/mol. The summed E-state index contributed by atoms with van der Waals surface area (Å²) in [6, 6.07) is 6.67. The van der Waals surface area contributed by atoms with Gasteiger partial charge in [0, 0.05) is 25.4 Å². The second-order valence-electron chi connectivity index (χ2n) is 6.91. The lowest BCUT2D eigenvalue weighted by atomic mass is 9.74. The molecule has 24 heavy (non-hydrogen) atoms. The Labute approximate surface area is 150 Å². The van der Waals surface area contributed by atoms with Gasteiger partial charge in [-0.15, -0.1) is 12.4 Å². The summed E-state index contributed by atoms with van der Waals surface area (Å²) in [4.78, 5) is 14.7. The van der Waals surface area contributed by atoms with Crippen LogP contribution in [-0.4, -0.2) is 38.1 Å². The SMILES string of the molecule is CN(Cc1ccc(S(C)(=O)=O)cc1)C(=O)C1CCCCC1(C)N.Cl. The summed E-state index contributed by atoms with van der Waals surface area (Å²) < 4.78 is 22.9. The highest BCUT2D eigenvalue weighted by Crippen LogP contribution is 2.33. The van der Waals surface area contributed by atoms with Gasteiger partial charge in [-0.05, 0) is 37.5 Å². The third-order valence-corrected chi connectivity index (χ3v) is 5.83. The number of sulfone groups is 1. The Kier molecular flexibility index (Phi) is 6.84. The van der Waals surface area contributed by atoms with E-state index in [1.165, 1.54) is 6.26 Å². The summed E-state index contributed by atoms with van der Waals surface area (Å²) in [5.74, 6) is -0.0709. The molecule has 1 saturated carbocycles. The normalized spacial score (nSPS) is 24.1. The molecular formula is C17H27ClN2O3S. The van der Waals surface area contributed by atoms with E-state index in [2.05, 4.69) is 0 Å². The van der Waals surface area contributed by atoms with E-state index in [9.17, 15) is 13.2 Å². The summed E-state index contributed by atoms with van der Waals surface area (Å²) in [6.07, 6.45) is 5.01. The molecule has 0 saturated heterocycles. The highest BCUT2D eigenvalue weighted by Gasteiger charge is 2.39. The molecule has 2 atom stereocenters. The number of benzene rings is 1. The second-order valence-corrected chi connectivity index (χ2v) is 8.93. The van der Waals surface area contributed by atoms with Gasteiger partial charge in [0.05, 0.1) is 10.8 Å². The van der Waals surface area contributed by atoms with Gasteiger partial charge < -0.3 is 10.6 Å². The number of rotatable bonds is 4. The molecule has 1 aromatic rings. The van der Waals surface area contributed by atoms with Crippen molar-refractivity contribution in [2.75, 3.05) is 13.3 Å². The molecule has 1 aliphatic carbocycles. The van der Waals surface area contributed by atoms with Gasteiger partial charge in [-0.2, -0.15) is 0 Å². The fourth-order valence-corrected chi connectivity index (χ4v) is 3.85. The molecule has 0 heterocycles. The van der Waals surface area contributed by atoms with E-state index in [1.807, 2.05) is 6.92 Å². The molecule has 136 valence electrons. The molecule has 1 fully saturated rings. The van der Waals surface area contributed by atoms with Gasteiger partial charge in [0.2, 0.25) is 5.91 Å². The van der Waals surface area contributed by atoms with E-state index < -0.39 is 15.4 Å². The van der Waals surface area contributed by atoms with Crippen LogP contribution >= 0.6 is 12.4 Å². The lowest BCUT2D eigenvalue weighted by Gasteiger charge is -2.39. The van der Waals surface area contributed by atoms with Crippen molar-refractivity contribution < 1.29 is 13.2 Å². The average Bonchev–Trinajstić information content (AvgIpc) is 2.45. The first-order chi connectivity index (χ1) is 10.6. The number of hydrogen-bond acceptors (Lipinski definition) is 4. The number of nitrogens with zero attached hydrogens (tertiary/aromatic N) is 1. The van der Waals surface area contributed by atoms with Gasteiger partial charge in [0.25, 0.3) is 0 Å². The molecule has 2 unspecified atom stereocenters. The van der Waals surface area contributed by atoms with Crippen LogP contribution in [0.1, 0.15) is 38.2 Å². The molecule has 0 bridgehead atoms. The minimum absolute atomic E-state index is 0. The smallest absolute Gasteiger partial charge is 0.227 e. The van der Waals surface area contributed by atoms with Crippen LogP contribution in [0.3, 0.4) is 0 Å². The maximum absolute atomic E-state index is 12.7. The van der Waals surface area contributed by atoms with Crippen molar-refractivity contribution in [1.82, 2.24) is 4.90 Å². The molecule has 2 rings (SSSR count). The molecule has 1 amide bonds. The Morgan fingerprint density at radius 3 is 2.38 bits per heavy atom. The van der Waals surface area contributed by atoms with E-state index in [0.29, 0.717) is 6.54 Å². The summed E-state index contributed by atoms with van der Waals surface area (Å²) in [5, 5.41) is 0. The highest BCUT2D eigenvalue weighted by molar-refractivity contribution is 7.90. The van der Waals surface area contributed by atoms with E-state index in [1.54, 1.807) is 36.2 Å². The first-order valence-corrected chi connectivity index (χ1v) is 9.83. The Morgan fingerprint density at radius 2 is 1.88 bits per heavy atom. The van der Waals surface area contributed by atoms with E-state index in [4.69, 9.17) is 5.73 Å². The standard InChI is InChI=1S/C17H26N2O3S.ClH/c1-17(18)11-5-4-6-15(17)16(20)19(2)12-13-7-9-14(10-8-13)23(3,21)22;/h7-10,15H,4-6,11-12,18H2,1-3H3;1H. The van der Waals surface area contributed by atoms with Gasteiger partial charge in [-0.3, -0.25) is 4.79 Å². The first kappa shape index (κ1) is 20.9. The number of halogens is 1. The summed E-state index contributed by atoms with van der Waals surface area (Å²) >= 11 is 0. The fourth-order valence-electron chi connectivity index (χ4n) is 3.22. The van der Waals surface area contributed by atoms with Crippen LogP contribution in [-0.2, 0) is 21.2 Å². The predicted octanol–water partition coefficient (Wildman–Crippen LogP) is 2.38. The van der Waals surface area contributed by atoms with Crippen LogP contribution in [0.25, 0.3) is 0 Å². The molecule has 0 radical (unpaired) electrons. The zero-order valence-corrected chi connectivity index (χ0v) is 16.1. The molecule has 0 aromatic heterocycles. The molecule has 0 aliphatic heterocycles. The van der Waals surface area contributed by atoms with Gasteiger partial charge >= 0.3 is 0 Å². The van der Waals surface area contributed by atoms with Crippen LogP contribution in [0.4, 0.5) is 0 Å². The van der Waals surface area contributed by atoms with Crippen molar-refractivity contribution >= 4 is 28.2 Å². The number of hydrogen-bond donors (Lipinski definition) is 1. The summed E-state index contributed by atoms with van der Waals surface area (Å²) in [6.45, 7) is 2.42. The van der Waals surface area contributed by atoms with Gasteiger partial charge in [0.15, 0.2) is 9.84 Å². The monoisotopic (exact) mass is 374 g/mol. The van der Waals surface area contributed by atoms with Crippen molar-refractivity contribution in [3.8, 4) is 0 Å². The maximum Gasteiger partial charge on any atom is 0.227 e. The van der Waals surface area contributed by atoms with E-state index >= 15 is 0 Å². The Balaban J connectivity index is 0.00000288. The van der Waals surface area contributed by atoms with Crippen LogP contribution in [0.5, 0.6) is 0 Å². The third-order valence-electron chi connectivity index (χ3n) is 4.70. The number of nitrogens with two attached hydrogens (primary N) is 1. The third kappa shape index (κ3) is 4.94. The molecule has 1 aliphatic rings. The van der Waals surface area contributed by atoms with Crippen molar-refractivity contribution in [3.05, 3.63) is 29.8 Å². The largest absolute Gasteiger partial charge is 0.341 e. The van der Waals surface area contributed by atoms with Crippen LogP contribution < -0.4 is 5.73 Å². The number of amides is 1. The van der Waals surface area contributed by atoms with E-state index in [-0.39, 0.29) is 29.1 Å². The van der Waals surface area contributed by atoms with Crippen LogP contribution in [0, 0.1) is 5.92 Å². The van der Waals surface area contributed by atoms with E-state index in [0.717, 1.165) is 31.2 Å². The molecule has 2 N–H and O–H groups in total. The van der Waals surface area contributed by atoms with Gasteiger partial charge in [-0.1, -0.05) is 25.0 Å². The maximum atomic E-state index is 12.7. The molecule has 1 aromatic carbocycles. The average molecular weight is 375 g/mol. The first-order valence-electron chi connectivity index (χ1n) is 7.94. The Hall–Kier alpha value is -1.11. The highest BCUT2D eigenvalue weighted by atomic mass is 35.5. The molecule has 7 heteroatoms. The minimum atomic E-state index is -3.19. The zero-order valence-electron chi connectivity index (χ0n) is 14.5. The quantitative estimate of drug-likeness (QED) is 0.877. The van der Waals surface area contributed by atoms with Gasteiger partial charge in [-0.25, -0.2) is 8.42 Å². The fraction of sp³-hybridized carbons (Fsp3) is 0.588. The van der Waals surface area contributed by atoms with Crippen LogP contribution in [0.2, 0.25) is 0 Å². The summed E-state index contributed by atoms with van der Waals surface area (Å²) in [7, 11) is -1.42. The lowest BCUT2D eigenvalue weighted by molar-refractivity contribution is -0.138. The summed E-state index contributed by atoms with van der Waals surface area (Å²) in [5.41, 5.74) is 6.77. The molecule has 5 nitrogen and oxygen atoms in total. The van der Waals surface area contributed by atoms with Crippen LogP contribution in [0.15, 0.2) is 29.2 Å². The van der Waals surface area contributed by atoms with Crippen molar-refractivity contribution in [3.63, 3.8) is 0 Å². The Bertz CT molecular complexity index is 672. The van der Waals surface area contributed by atoms with Crippen molar-refractivity contribution in [2.45, 2.75) is 49.6 Å². The number of carbonyl (C=O) groups excluding carboxylic acids is 1. The van der Waals surface area contributed by atoms with Gasteiger partial charge in [0.1, 0.15) is 0 Å². The van der Waals surface area contributed by atoms with Crippen molar-refractivity contribution in [1.29, 1.82) is 0 Å². The molecular weight excluding hydrogens is 348 g/mol. The lowest BCUT2D eigenvalue weighted by Crippen LogP contribution is -2.53. The number of carbonyl (C=O) groups is 1. The zero-order chi connectivity index (χ0) is 17.3. The molecule has 0 spiro atoms.